The van der Waals surface area contributed by atoms with Crippen LogP contribution in [0.3, 0.4) is 0 Å². The van der Waals surface area contributed by atoms with Crippen LogP contribution in [0.4, 0.5) is 0 Å². The van der Waals surface area contributed by atoms with E-state index >= 15 is 0 Å². The summed E-state index contributed by atoms with van der Waals surface area (Å²) in [6, 6.07) is 7.48. The minimum atomic E-state index is -0.561. The van der Waals surface area contributed by atoms with Crippen LogP contribution in [0.1, 0.15) is 22.8 Å². The van der Waals surface area contributed by atoms with E-state index in [1.807, 2.05) is 24.3 Å². The molecule has 0 aliphatic carbocycles. The number of halogens is 1. The van der Waals surface area contributed by atoms with Gasteiger partial charge in [0.25, 0.3) is 5.56 Å². The number of carbonyl (C=O) groups is 1. The van der Waals surface area contributed by atoms with Crippen LogP contribution in [0.2, 0.25) is 0 Å². The summed E-state index contributed by atoms with van der Waals surface area (Å²) in [7, 11) is 1.37. The Morgan fingerprint density at radius 2 is 1.80 bits per heavy atom. The first-order valence-electron chi connectivity index (χ1n) is 5.96. The molecule has 0 radical (unpaired) electrons. The van der Waals surface area contributed by atoms with Gasteiger partial charge in [-0.05, 0) is 24.6 Å². The number of hydrogen-bond acceptors (Lipinski definition) is 3. The SMILES string of the molecule is CC(=O)c1cn(Cc2ccc(Br)cc2)c(=O)n(C)c1=O. The van der Waals surface area contributed by atoms with Gasteiger partial charge in [-0.2, -0.15) is 0 Å². The minimum absolute atomic E-state index is 0.0178. The Kier molecular flexibility index (Phi) is 4.04. The minimum Gasteiger partial charge on any atom is -0.295 e. The summed E-state index contributed by atoms with van der Waals surface area (Å²) >= 11 is 3.34. The molecule has 1 aromatic carbocycles. The van der Waals surface area contributed by atoms with Gasteiger partial charge in [0.1, 0.15) is 0 Å². The lowest BCUT2D eigenvalue weighted by molar-refractivity contribution is 0.101. The van der Waals surface area contributed by atoms with E-state index in [0.717, 1.165) is 14.6 Å². The number of nitrogens with zero attached hydrogens (tertiary/aromatic N) is 2. The first-order valence-corrected chi connectivity index (χ1v) is 6.75. The van der Waals surface area contributed by atoms with Crippen LogP contribution in [0.5, 0.6) is 0 Å². The second-order valence-electron chi connectivity index (χ2n) is 4.50. The molecular formula is C14H13BrN2O3. The van der Waals surface area contributed by atoms with E-state index in [0.29, 0.717) is 6.54 Å². The quantitative estimate of drug-likeness (QED) is 0.799. The number of Topliss-reactive ketones (excluding diaryl/α,β-unsaturated/α-hetero) is 1. The van der Waals surface area contributed by atoms with Crippen LogP contribution in [0.25, 0.3) is 0 Å². The molecule has 2 rings (SSSR count). The maximum absolute atomic E-state index is 12.0. The predicted molar refractivity (Wildman–Crippen MR) is 79.2 cm³/mol. The molecule has 0 aliphatic rings. The molecule has 5 nitrogen and oxygen atoms in total. The zero-order valence-corrected chi connectivity index (χ0v) is 12.7. The van der Waals surface area contributed by atoms with Crippen LogP contribution in [-0.2, 0) is 13.6 Å². The van der Waals surface area contributed by atoms with Gasteiger partial charge < -0.3 is 0 Å². The number of benzene rings is 1. The molecule has 0 fully saturated rings. The average Bonchev–Trinajstić information content (AvgIpc) is 2.41. The molecule has 0 aliphatic heterocycles. The monoisotopic (exact) mass is 336 g/mol. The Bertz CT molecular complexity index is 772. The highest BCUT2D eigenvalue weighted by atomic mass is 79.9. The van der Waals surface area contributed by atoms with Crippen molar-refractivity contribution in [1.82, 2.24) is 9.13 Å². The van der Waals surface area contributed by atoms with Gasteiger partial charge in [0.2, 0.25) is 0 Å². The van der Waals surface area contributed by atoms with Crippen molar-refractivity contribution in [3.8, 4) is 0 Å². The summed E-state index contributed by atoms with van der Waals surface area (Å²) in [6.07, 6.45) is 1.33. The highest BCUT2D eigenvalue weighted by Gasteiger charge is 2.12. The molecule has 20 heavy (non-hydrogen) atoms. The van der Waals surface area contributed by atoms with Gasteiger partial charge in [0, 0.05) is 17.7 Å². The van der Waals surface area contributed by atoms with Crippen LogP contribution in [0, 0.1) is 0 Å². The summed E-state index contributed by atoms with van der Waals surface area (Å²) < 4.78 is 3.26. The van der Waals surface area contributed by atoms with Crippen LogP contribution >= 0.6 is 15.9 Å². The Morgan fingerprint density at radius 3 is 2.35 bits per heavy atom. The zero-order chi connectivity index (χ0) is 14.9. The van der Waals surface area contributed by atoms with Gasteiger partial charge >= 0.3 is 5.69 Å². The predicted octanol–water partition coefficient (Wildman–Crippen LogP) is 1.56. The molecule has 0 N–H and O–H groups in total. The topological polar surface area (TPSA) is 61.1 Å². The molecule has 0 bridgehead atoms. The number of carbonyl (C=O) groups excluding carboxylic acids is 1. The lowest BCUT2D eigenvalue weighted by Crippen LogP contribution is -2.40. The van der Waals surface area contributed by atoms with Crippen LogP contribution < -0.4 is 11.2 Å². The Labute approximate surface area is 123 Å². The van der Waals surface area contributed by atoms with E-state index in [-0.39, 0.29) is 11.3 Å². The van der Waals surface area contributed by atoms with E-state index < -0.39 is 11.2 Å². The molecule has 2 aromatic rings. The third-order valence-corrected chi connectivity index (χ3v) is 3.53. The standard InChI is InChI=1S/C14H13BrN2O3/c1-9(18)12-8-17(14(20)16(2)13(12)19)7-10-3-5-11(15)6-4-10/h3-6,8H,7H2,1-2H3. The summed E-state index contributed by atoms with van der Waals surface area (Å²) in [5.41, 5.74) is -0.0786. The Hall–Kier alpha value is -1.95. The average molecular weight is 337 g/mol. The summed E-state index contributed by atoms with van der Waals surface area (Å²) in [6.45, 7) is 1.62. The molecule has 0 unspecified atom stereocenters. The first-order chi connectivity index (χ1) is 9.40. The maximum atomic E-state index is 12.0. The first kappa shape index (κ1) is 14.5. The van der Waals surface area contributed by atoms with Crippen LogP contribution in [-0.4, -0.2) is 14.9 Å². The third kappa shape index (κ3) is 2.80. The number of ketones is 1. The van der Waals surface area contributed by atoms with Crippen molar-refractivity contribution in [3.05, 3.63) is 66.9 Å². The summed E-state index contributed by atoms with van der Waals surface area (Å²) in [4.78, 5) is 35.3. The van der Waals surface area contributed by atoms with Crippen LogP contribution in [0.15, 0.2) is 44.5 Å². The smallest absolute Gasteiger partial charge is 0.295 e. The highest BCUT2D eigenvalue weighted by Crippen LogP contribution is 2.11. The Balaban J connectivity index is 2.52. The van der Waals surface area contributed by atoms with Crippen molar-refractivity contribution in [3.63, 3.8) is 0 Å². The van der Waals surface area contributed by atoms with E-state index in [1.54, 1.807) is 0 Å². The molecule has 0 saturated heterocycles. The van der Waals surface area contributed by atoms with Crippen molar-refractivity contribution >= 4 is 21.7 Å². The second kappa shape index (κ2) is 5.58. The lowest BCUT2D eigenvalue weighted by atomic mass is 10.2. The summed E-state index contributed by atoms with van der Waals surface area (Å²) in [5.74, 6) is -0.352. The Morgan fingerprint density at radius 1 is 1.20 bits per heavy atom. The largest absolute Gasteiger partial charge is 0.331 e. The van der Waals surface area contributed by atoms with Gasteiger partial charge in [-0.25, -0.2) is 4.79 Å². The van der Waals surface area contributed by atoms with E-state index in [2.05, 4.69) is 15.9 Å². The summed E-state index contributed by atoms with van der Waals surface area (Å²) in [5, 5.41) is 0. The molecule has 0 atom stereocenters. The van der Waals surface area contributed by atoms with Crippen molar-refractivity contribution in [1.29, 1.82) is 0 Å². The fourth-order valence-corrected chi connectivity index (χ4v) is 2.13. The normalized spacial score (nSPS) is 10.6. The van der Waals surface area contributed by atoms with E-state index in [1.165, 1.54) is 24.7 Å². The van der Waals surface area contributed by atoms with Crippen molar-refractivity contribution in [2.45, 2.75) is 13.5 Å². The molecule has 1 heterocycles. The maximum Gasteiger partial charge on any atom is 0.331 e. The molecule has 6 heteroatoms. The van der Waals surface area contributed by atoms with Gasteiger partial charge in [0.15, 0.2) is 5.78 Å². The number of hydrogen-bond donors (Lipinski definition) is 0. The fraction of sp³-hybridized carbons (Fsp3) is 0.214. The van der Waals surface area contributed by atoms with Gasteiger partial charge in [0.05, 0.1) is 12.1 Å². The van der Waals surface area contributed by atoms with Gasteiger partial charge in [-0.15, -0.1) is 0 Å². The fourth-order valence-electron chi connectivity index (χ4n) is 1.87. The number of aromatic nitrogens is 2. The van der Waals surface area contributed by atoms with Gasteiger partial charge in [-0.3, -0.25) is 18.7 Å². The number of rotatable bonds is 3. The molecular weight excluding hydrogens is 324 g/mol. The van der Waals surface area contributed by atoms with Crippen molar-refractivity contribution < 1.29 is 4.79 Å². The molecule has 0 spiro atoms. The molecule has 0 amide bonds. The van der Waals surface area contributed by atoms with Crippen molar-refractivity contribution in [2.75, 3.05) is 0 Å². The molecule has 1 aromatic heterocycles. The second-order valence-corrected chi connectivity index (χ2v) is 5.42. The zero-order valence-electron chi connectivity index (χ0n) is 11.1. The van der Waals surface area contributed by atoms with E-state index in [4.69, 9.17) is 0 Å². The lowest BCUT2D eigenvalue weighted by Gasteiger charge is -2.09. The van der Waals surface area contributed by atoms with Gasteiger partial charge in [-0.1, -0.05) is 28.1 Å². The van der Waals surface area contributed by atoms with E-state index in [9.17, 15) is 14.4 Å². The molecule has 0 saturated carbocycles. The van der Waals surface area contributed by atoms with Crippen molar-refractivity contribution in [2.24, 2.45) is 7.05 Å². The third-order valence-electron chi connectivity index (χ3n) is 3.00. The molecule has 104 valence electrons. The highest BCUT2D eigenvalue weighted by molar-refractivity contribution is 9.10.